The molecule has 0 aromatic rings. The van der Waals surface area contributed by atoms with Crippen molar-refractivity contribution in [3.63, 3.8) is 0 Å². The van der Waals surface area contributed by atoms with Crippen LogP contribution in [0.15, 0.2) is 0 Å². The van der Waals surface area contributed by atoms with Gasteiger partial charge in [-0.3, -0.25) is 0 Å². The lowest BCUT2D eigenvalue weighted by Crippen LogP contribution is -2.19. The van der Waals surface area contributed by atoms with Crippen molar-refractivity contribution in [1.82, 2.24) is 0 Å². The molecule has 68 valence electrons. The molecule has 0 saturated carbocycles. The Kier molecular flexibility index (Phi) is 8.89. The first-order valence-corrected chi connectivity index (χ1v) is 5.84. The van der Waals surface area contributed by atoms with Gasteiger partial charge in [-0.25, -0.2) is 0 Å². The minimum atomic E-state index is -0.468. The summed E-state index contributed by atoms with van der Waals surface area (Å²) < 4.78 is 15.0. The topological polar surface area (TPSA) is 27.7 Å². The summed E-state index contributed by atoms with van der Waals surface area (Å²) in [6.45, 7) is -0.457. The molecular weight excluding hydrogens is 180 g/mol. The minimum Gasteiger partial charge on any atom is -0.379 e. The molecule has 0 saturated heterocycles. The maximum absolute atomic E-state index is 5.30. The van der Waals surface area contributed by atoms with E-state index in [1.807, 2.05) is 0 Å². The van der Waals surface area contributed by atoms with Crippen LogP contribution in [0.4, 0.5) is 0 Å². The summed E-state index contributed by atoms with van der Waals surface area (Å²) >= 11 is 4.10. The maximum atomic E-state index is 5.30. The van der Waals surface area contributed by atoms with Gasteiger partial charge in [0.1, 0.15) is 0 Å². The van der Waals surface area contributed by atoms with Crippen LogP contribution in [0.25, 0.3) is 0 Å². The van der Waals surface area contributed by atoms with Crippen LogP contribution in [0, 0.1) is 0 Å². The molecule has 0 amide bonds. The van der Waals surface area contributed by atoms with E-state index in [2.05, 4.69) is 12.6 Å². The van der Waals surface area contributed by atoms with Crippen molar-refractivity contribution >= 4 is 22.4 Å². The van der Waals surface area contributed by atoms with E-state index in [1.165, 1.54) is 0 Å². The van der Waals surface area contributed by atoms with Gasteiger partial charge in [-0.15, -0.1) is 0 Å². The van der Waals surface area contributed by atoms with Gasteiger partial charge in [0.05, 0.1) is 0 Å². The molecule has 5 heteroatoms. The van der Waals surface area contributed by atoms with Crippen molar-refractivity contribution in [2.24, 2.45) is 0 Å². The highest BCUT2D eigenvalue weighted by molar-refractivity contribution is 7.80. The average molecular weight is 196 g/mol. The summed E-state index contributed by atoms with van der Waals surface area (Å²) in [5.74, 6) is 0.932. The molecule has 0 aliphatic carbocycles. The van der Waals surface area contributed by atoms with Crippen LogP contribution in [0.2, 0.25) is 6.04 Å². The van der Waals surface area contributed by atoms with Crippen LogP contribution in [-0.4, -0.2) is 36.2 Å². The Morgan fingerprint density at radius 2 is 2.00 bits per heavy atom. The Morgan fingerprint density at radius 1 is 1.36 bits per heavy atom. The van der Waals surface area contributed by atoms with Crippen LogP contribution in [-0.2, 0) is 13.9 Å². The second kappa shape index (κ2) is 8.54. The quantitative estimate of drug-likeness (QED) is 0.276. The van der Waals surface area contributed by atoms with Crippen molar-refractivity contribution in [2.45, 2.75) is 18.9 Å². The smallest absolute Gasteiger partial charge is 0.261 e. The summed E-state index contributed by atoms with van der Waals surface area (Å²) in [6.07, 6.45) is 1.12. The fraction of sp³-hybridized carbons (Fsp3) is 1.00. The van der Waals surface area contributed by atoms with Gasteiger partial charge in [0.15, 0.2) is 9.76 Å². The lowest BCUT2D eigenvalue weighted by atomic mass is 10.6. The van der Waals surface area contributed by atoms with Gasteiger partial charge in [0.2, 0.25) is 0 Å². The standard InChI is InChI=1S/C6H16O3SSi/c1-7-6(8-2)9-11-5-3-4-10/h6,10H,3-5,11H2,1-2H3. The van der Waals surface area contributed by atoms with Crippen LogP contribution < -0.4 is 0 Å². The first kappa shape index (κ1) is 11.4. The van der Waals surface area contributed by atoms with Crippen LogP contribution in [0.1, 0.15) is 6.42 Å². The third kappa shape index (κ3) is 6.83. The molecule has 0 aliphatic rings. The SMILES string of the molecule is COC(OC)O[SiH2]CCCS. The third-order valence-electron chi connectivity index (χ3n) is 1.19. The molecule has 0 unspecified atom stereocenters. The molecule has 11 heavy (non-hydrogen) atoms. The number of rotatable bonds is 7. The van der Waals surface area contributed by atoms with E-state index in [0.29, 0.717) is 0 Å². The van der Waals surface area contributed by atoms with E-state index >= 15 is 0 Å². The molecule has 0 spiro atoms. The summed E-state index contributed by atoms with van der Waals surface area (Å²) in [5, 5.41) is 0. The molecule has 0 aromatic carbocycles. The molecule has 0 bridgehead atoms. The van der Waals surface area contributed by atoms with E-state index in [-0.39, 0.29) is 0 Å². The predicted octanol–water partition coefficient (Wildman–Crippen LogP) is 0.401. The molecule has 0 aliphatic heterocycles. The minimum absolute atomic E-state index is 0.457. The zero-order valence-electron chi connectivity index (χ0n) is 7.08. The summed E-state index contributed by atoms with van der Waals surface area (Å²) in [7, 11) is 2.67. The highest BCUT2D eigenvalue weighted by Gasteiger charge is 2.02. The zero-order chi connectivity index (χ0) is 8.53. The molecule has 0 rings (SSSR count). The Labute approximate surface area is 75.8 Å². The normalized spacial score (nSPS) is 12.0. The number of thiol groups is 1. The van der Waals surface area contributed by atoms with Crippen molar-refractivity contribution in [2.75, 3.05) is 20.0 Å². The van der Waals surface area contributed by atoms with Gasteiger partial charge in [0, 0.05) is 14.2 Å². The van der Waals surface area contributed by atoms with Gasteiger partial charge in [0.25, 0.3) is 6.48 Å². The molecule has 0 radical (unpaired) electrons. The molecular formula is C6H16O3SSi. The summed E-state index contributed by atoms with van der Waals surface area (Å²) in [4.78, 5) is 0. The maximum Gasteiger partial charge on any atom is 0.261 e. The second-order valence-corrected chi connectivity index (χ2v) is 3.96. The molecule has 0 heterocycles. The largest absolute Gasteiger partial charge is 0.379 e. The number of ether oxygens (including phenoxy) is 2. The van der Waals surface area contributed by atoms with Crippen LogP contribution in [0.3, 0.4) is 0 Å². The number of methoxy groups -OCH3 is 2. The molecule has 0 fully saturated rings. The Morgan fingerprint density at radius 3 is 2.45 bits per heavy atom. The molecule has 0 aromatic heterocycles. The second-order valence-electron chi connectivity index (χ2n) is 2.06. The highest BCUT2D eigenvalue weighted by Crippen LogP contribution is 1.96. The van der Waals surface area contributed by atoms with Gasteiger partial charge >= 0.3 is 0 Å². The van der Waals surface area contributed by atoms with E-state index in [4.69, 9.17) is 13.9 Å². The van der Waals surface area contributed by atoms with E-state index in [1.54, 1.807) is 14.2 Å². The fourth-order valence-electron chi connectivity index (χ4n) is 0.626. The predicted molar refractivity (Wildman–Crippen MR) is 50.7 cm³/mol. The lowest BCUT2D eigenvalue weighted by molar-refractivity contribution is -0.219. The monoisotopic (exact) mass is 196 g/mol. The van der Waals surface area contributed by atoms with Crippen molar-refractivity contribution in [1.29, 1.82) is 0 Å². The number of hydrogen-bond acceptors (Lipinski definition) is 4. The summed E-state index contributed by atoms with van der Waals surface area (Å²) in [6, 6.07) is 1.13. The van der Waals surface area contributed by atoms with E-state index in [9.17, 15) is 0 Å². The molecule has 0 atom stereocenters. The van der Waals surface area contributed by atoms with Crippen molar-refractivity contribution in [3.8, 4) is 0 Å². The summed E-state index contributed by atoms with van der Waals surface area (Å²) in [5.41, 5.74) is 0. The number of hydrogen-bond donors (Lipinski definition) is 1. The highest BCUT2D eigenvalue weighted by atomic mass is 32.1. The fourth-order valence-corrected chi connectivity index (χ4v) is 2.36. The first-order chi connectivity index (χ1) is 5.35. The van der Waals surface area contributed by atoms with Gasteiger partial charge in [-0.05, 0) is 18.2 Å². The van der Waals surface area contributed by atoms with Gasteiger partial charge in [-0.1, -0.05) is 0 Å². The Hall–Kier alpha value is 0.447. The van der Waals surface area contributed by atoms with Crippen molar-refractivity contribution < 1.29 is 13.9 Å². The average Bonchev–Trinajstić information content (AvgIpc) is 2.05. The van der Waals surface area contributed by atoms with Gasteiger partial charge < -0.3 is 13.9 Å². The van der Waals surface area contributed by atoms with Crippen molar-refractivity contribution in [3.05, 3.63) is 0 Å². The lowest BCUT2D eigenvalue weighted by Gasteiger charge is -2.13. The van der Waals surface area contributed by atoms with Crippen LogP contribution >= 0.6 is 12.6 Å². The zero-order valence-corrected chi connectivity index (χ0v) is 9.39. The Balaban J connectivity index is 3.07. The molecule has 3 nitrogen and oxygen atoms in total. The first-order valence-electron chi connectivity index (χ1n) is 3.63. The van der Waals surface area contributed by atoms with Crippen LogP contribution in [0.5, 0.6) is 0 Å². The van der Waals surface area contributed by atoms with E-state index < -0.39 is 16.2 Å². The third-order valence-corrected chi connectivity index (χ3v) is 2.80. The Bertz CT molecular complexity index is 80.2. The van der Waals surface area contributed by atoms with Gasteiger partial charge in [-0.2, -0.15) is 12.6 Å². The molecule has 0 N–H and O–H groups in total. The van der Waals surface area contributed by atoms with E-state index in [0.717, 1.165) is 18.2 Å².